The number of allylic oxidation sites excluding steroid dienone is 1. The number of carbonyl (C=O) groups excluding carboxylic acids is 2. The summed E-state index contributed by atoms with van der Waals surface area (Å²) in [6.07, 6.45) is 0. The molecule has 4 rings (SSSR count). The number of esters is 1. The molecule has 0 bridgehead atoms. The lowest BCUT2D eigenvalue weighted by molar-refractivity contribution is -0.138. The number of benzene rings is 3. The first-order valence-corrected chi connectivity index (χ1v) is 13.9. The predicted molar refractivity (Wildman–Crippen MR) is 157 cm³/mol. The normalized spacial score (nSPS) is 14.9. The van der Waals surface area contributed by atoms with Gasteiger partial charge in [-0.3, -0.25) is 4.79 Å². The minimum absolute atomic E-state index is 0.0175. The van der Waals surface area contributed by atoms with E-state index in [1.807, 2.05) is 37.3 Å². The molecule has 3 aromatic rings. The van der Waals surface area contributed by atoms with Crippen molar-refractivity contribution < 1.29 is 14.3 Å². The molecule has 0 aliphatic carbocycles. The Morgan fingerprint density at radius 1 is 1.05 bits per heavy atom. The van der Waals surface area contributed by atoms with Gasteiger partial charge in [0.05, 0.1) is 46.2 Å². The van der Waals surface area contributed by atoms with E-state index in [1.54, 1.807) is 49.4 Å². The molecule has 0 spiro atoms. The first-order chi connectivity index (χ1) is 18.8. The van der Waals surface area contributed by atoms with Gasteiger partial charge in [0.15, 0.2) is 0 Å². The standard InChI is InChI=1S/C30H25Cl2N3O3S/c1-3-38-30(37)27-26(19-12-14-21(31)15-13-19)22(16-33)29(35-28(27)20-8-5-4-6-9-20)39-17-25(36)34-24-11-7-10-23(32)18(24)2/h4-15,26,35H,3,17H2,1-2H3,(H,34,36)/t26-/m1/s1. The van der Waals surface area contributed by atoms with E-state index in [0.29, 0.717) is 43.2 Å². The lowest BCUT2D eigenvalue weighted by atomic mass is 9.81. The Kier molecular flexibility index (Phi) is 9.36. The number of ether oxygens (including phenoxy) is 1. The second-order valence-electron chi connectivity index (χ2n) is 8.59. The first-order valence-electron chi connectivity index (χ1n) is 12.1. The molecule has 2 N–H and O–H groups in total. The third-order valence-electron chi connectivity index (χ3n) is 6.10. The van der Waals surface area contributed by atoms with Gasteiger partial charge in [-0.25, -0.2) is 4.79 Å². The smallest absolute Gasteiger partial charge is 0.337 e. The number of nitriles is 1. The Labute approximate surface area is 241 Å². The van der Waals surface area contributed by atoms with Crippen LogP contribution in [0.15, 0.2) is 89.0 Å². The minimum Gasteiger partial charge on any atom is -0.463 e. The zero-order valence-corrected chi connectivity index (χ0v) is 23.6. The highest BCUT2D eigenvalue weighted by Crippen LogP contribution is 2.43. The summed E-state index contributed by atoms with van der Waals surface area (Å²) in [5.74, 6) is -1.51. The number of anilines is 1. The summed E-state index contributed by atoms with van der Waals surface area (Å²) in [6, 6.07) is 23.9. The van der Waals surface area contributed by atoms with Gasteiger partial charge in [0.1, 0.15) is 0 Å². The van der Waals surface area contributed by atoms with Gasteiger partial charge in [0.2, 0.25) is 5.91 Å². The molecule has 1 atom stereocenters. The Morgan fingerprint density at radius 3 is 2.44 bits per heavy atom. The maximum absolute atomic E-state index is 13.4. The van der Waals surface area contributed by atoms with Crippen LogP contribution >= 0.6 is 35.0 Å². The van der Waals surface area contributed by atoms with Gasteiger partial charge in [-0.1, -0.05) is 83.5 Å². The molecule has 1 heterocycles. The SMILES string of the molecule is CCOC(=O)C1=C(c2ccccc2)NC(SCC(=O)Nc2cccc(Cl)c2C)=C(C#N)[C@H]1c1ccc(Cl)cc1. The first kappa shape index (κ1) is 28.3. The van der Waals surface area contributed by atoms with Gasteiger partial charge < -0.3 is 15.4 Å². The zero-order chi connectivity index (χ0) is 27.9. The van der Waals surface area contributed by atoms with E-state index in [9.17, 15) is 14.9 Å². The fourth-order valence-corrected chi connectivity index (χ4v) is 5.36. The van der Waals surface area contributed by atoms with Crippen LogP contribution in [-0.2, 0) is 14.3 Å². The van der Waals surface area contributed by atoms with Crippen molar-refractivity contribution in [1.82, 2.24) is 5.32 Å². The van der Waals surface area contributed by atoms with Gasteiger partial charge in [-0.15, -0.1) is 0 Å². The third-order valence-corrected chi connectivity index (χ3v) is 7.78. The lowest BCUT2D eigenvalue weighted by Crippen LogP contribution is -2.29. The Balaban J connectivity index is 1.75. The molecule has 1 aliphatic rings. The van der Waals surface area contributed by atoms with E-state index < -0.39 is 11.9 Å². The predicted octanol–water partition coefficient (Wildman–Crippen LogP) is 7.07. The quantitative estimate of drug-likeness (QED) is 0.278. The fourth-order valence-electron chi connectivity index (χ4n) is 4.21. The van der Waals surface area contributed by atoms with E-state index in [-0.39, 0.29) is 18.3 Å². The summed E-state index contributed by atoms with van der Waals surface area (Å²) >= 11 is 13.5. The molecular weight excluding hydrogens is 553 g/mol. The van der Waals surface area contributed by atoms with E-state index in [1.165, 1.54) is 11.8 Å². The molecular formula is C30H25Cl2N3O3S. The Morgan fingerprint density at radius 2 is 1.77 bits per heavy atom. The minimum atomic E-state index is -0.733. The van der Waals surface area contributed by atoms with Gasteiger partial charge in [-0.2, -0.15) is 5.26 Å². The number of thioether (sulfide) groups is 1. The van der Waals surface area contributed by atoms with Gasteiger partial charge >= 0.3 is 5.97 Å². The number of carbonyl (C=O) groups is 2. The van der Waals surface area contributed by atoms with Crippen molar-refractivity contribution in [2.45, 2.75) is 19.8 Å². The monoisotopic (exact) mass is 577 g/mol. The largest absolute Gasteiger partial charge is 0.463 e. The van der Waals surface area contributed by atoms with Crippen LogP contribution in [0.2, 0.25) is 10.0 Å². The maximum Gasteiger partial charge on any atom is 0.337 e. The van der Waals surface area contributed by atoms with Crippen LogP contribution in [0.4, 0.5) is 5.69 Å². The van der Waals surface area contributed by atoms with Crippen LogP contribution < -0.4 is 10.6 Å². The Hall–Kier alpha value is -3.70. The van der Waals surface area contributed by atoms with E-state index in [0.717, 1.165) is 11.1 Å². The van der Waals surface area contributed by atoms with Crippen LogP contribution in [0.3, 0.4) is 0 Å². The molecule has 198 valence electrons. The van der Waals surface area contributed by atoms with Crippen LogP contribution in [0.5, 0.6) is 0 Å². The fraction of sp³-hybridized carbons (Fsp3) is 0.167. The van der Waals surface area contributed by atoms with Crippen molar-refractivity contribution in [3.8, 4) is 6.07 Å². The van der Waals surface area contributed by atoms with Gasteiger partial charge in [0.25, 0.3) is 0 Å². The molecule has 0 unspecified atom stereocenters. The van der Waals surface area contributed by atoms with Crippen LogP contribution in [-0.4, -0.2) is 24.2 Å². The second kappa shape index (κ2) is 12.9. The molecule has 6 nitrogen and oxygen atoms in total. The average Bonchev–Trinajstić information content (AvgIpc) is 2.94. The zero-order valence-electron chi connectivity index (χ0n) is 21.3. The molecule has 1 amide bonds. The van der Waals surface area contributed by atoms with Crippen LogP contribution in [0, 0.1) is 18.3 Å². The average molecular weight is 579 g/mol. The van der Waals surface area contributed by atoms with Gasteiger partial charge in [0, 0.05) is 15.7 Å². The lowest BCUT2D eigenvalue weighted by Gasteiger charge is -2.30. The molecule has 0 saturated carbocycles. The summed E-state index contributed by atoms with van der Waals surface area (Å²) < 4.78 is 5.45. The maximum atomic E-state index is 13.4. The topological polar surface area (TPSA) is 91.2 Å². The van der Waals surface area contributed by atoms with Crippen molar-refractivity contribution in [3.05, 3.63) is 116 Å². The number of amides is 1. The molecule has 39 heavy (non-hydrogen) atoms. The van der Waals surface area contributed by atoms with Crippen LogP contribution in [0.1, 0.15) is 29.5 Å². The summed E-state index contributed by atoms with van der Waals surface area (Å²) in [5, 5.41) is 18.0. The third kappa shape index (κ3) is 6.48. The molecule has 9 heteroatoms. The van der Waals surface area contributed by atoms with E-state index >= 15 is 0 Å². The number of nitrogens with one attached hydrogen (secondary N) is 2. The second-order valence-corrected chi connectivity index (χ2v) is 10.4. The van der Waals surface area contributed by atoms with Crippen molar-refractivity contribution in [2.24, 2.45) is 0 Å². The molecule has 0 aromatic heterocycles. The van der Waals surface area contributed by atoms with E-state index in [4.69, 9.17) is 27.9 Å². The number of hydrogen-bond acceptors (Lipinski definition) is 6. The Bertz CT molecular complexity index is 1500. The summed E-state index contributed by atoms with van der Waals surface area (Å²) in [4.78, 5) is 26.3. The highest BCUT2D eigenvalue weighted by Gasteiger charge is 2.37. The summed E-state index contributed by atoms with van der Waals surface area (Å²) in [7, 11) is 0. The highest BCUT2D eigenvalue weighted by molar-refractivity contribution is 8.03. The number of rotatable bonds is 8. The molecule has 0 radical (unpaired) electrons. The molecule has 0 saturated heterocycles. The number of halogens is 2. The van der Waals surface area contributed by atoms with Crippen molar-refractivity contribution >= 4 is 58.2 Å². The summed E-state index contributed by atoms with van der Waals surface area (Å²) in [6.45, 7) is 3.74. The molecule has 1 aliphatic heterocycles. The highest BCUT2D eigenvalue weighted by atomic mass is 35.5. The number of hydrogen-bond donors (Lipinski definition) is 2. The number of dihydropyridines is 1. The number of nitrogens with zero attached hydrogens (tertiary/aromatic N) is 1. The molecule has 0 fully saturated rings. The van der Waals surface area contributed by atoms with E-state index in [2.05, 4.69) is 16.7 Å². The molecule has 3 aromatic carbocycles. The summed E-state index contributed by atoms with van der Waals surface area (Å²) in [5.41, 5.74) is 3.96. The van der Waals surface area contributed by atoms with Crippen LogP contribution in [0.25, 0.3) is 5.70 Å². The van der Waals surface area contributed by atoms with Gasteiger partial charge in [-0.05, 0) is 54.8 Å². The van der Waals surface area contributed by atoms with Crippen molar-refractivity contribution in [1.29, 1.82) is 5.26 Å². The van der Waals surface area contributed by atoms with Crippen molar-refractivity contribution in [3.63, 3.8) is 0 Å². The van der Waals surface area contributed by atoms with Crippen molar-refractivity contribution in [2.75, 3.05) is 17.7 Å².